The summed E-state index contributed by atoms with van der Waals surface area (Å²) in [5.74, 6) is 0.618. The van der Waals surface area contributed by atoms with Gasteiger partial charge in [-0.2, -0.15) is 8.78 Å². The second-order valence-electron chi connectivity index (χ2n) is 10.9. The van der Waals surface area contributed by atoms with E-state index in [1.54, 1.807) is 25.4 Å². The summed E-state index contributed by atoms with van der Waals surface area (Å²) in [7, 11) is 0. The second-order valence-corrected chi connectivity index (χ2v) is 10.9. The lowest BCUT2D eigenvalue weighted by molar-refractivity contribution is -0.0507. The molecule has 1 saturated carbocycles. The Labute approximate surface area is 224 Å². The number of aliphatic hydroxyl groups is 1. The van der Waals surface area contributed by atoms with Gasteiger partial charge in [-0.3, -0.25) is 4.79 Å². The molecule has 11 heteroatoms. The average molecular weight is 535 g/mol. The molecule has 39 heavy (non-hydrogen) atoms. The largest absolute Gasteiger partial charge is 0.434 e. The van der Waals surface area contributed by atoms with Crippen molar-refractivity contribution in [1.29, 1.82) is 0 Å². The topological polar surface area (TPSA) is 128 Å². The number of hydrogen-bond acceptors (Lipinski definition) is 7. The summed E-state index contributed by atoms with van der Waals surface area (Å²) in [5.41, 5.74) is 8.19. The van der Waals surface area contributed by atoms with Gasteiger partial charge in [0.25, 0.3) is 5.91 Å². The van der Waals surface area contributed by atoms with E-state index in [4.69, 9.17) is 18.2 Å². The van der Waals surface area contributed by atoms with Crippen molar-refractivity contribution >= 4 is 16.9 Å². The van der Waals surface area contributed by atoms with Crippen molar-refractivity contribution in [1.82, 2.24) is 24.8 Å². The third-order valence-electron chi connectivity index (χ3n) is 8.08. The summed E-state index contributed by atoms with van der Waals surface area (Å²) in [6.45, 7) is -3.75. The van der Waals surface area contributed by atoms with E-state index in [1.165, 1.54) is 12.1 Å². The number of fused-ring (bicyclic) bond motifs is 9. The Morgan fingerprint density at radius 3 is 2.74 bits per heavy atom. The maximum absolute atomic E-state index is 13.3. The predicted octanol–water partition coefficient (Wildman–Crippen LogP) is 3.82. The molecule has 2 aromatic carbocycles. The van der Waals surface area contributed by atoms with Crippen LogP contribution >= 0.6 is 0 Å². The molecule has 1 aliphatic carbocycles. The molecular formula is C28H26F2N6O3. The first-order chi connectivity index (χ1) is 19.4. The first kappa shape index (κ1) is 21.9. The van der Waals surface area contributed by atoms with Gasteiger partial charge >= 0.3 is 6.61 Å². The Morgan fingerprint density at radius 2 is 2.03 bits per heavy atom. The molecule has 0 radical (unpaired) electrons. The number of carbonyl (C=O) groups is 1. The van der Waals surface area contributed by atoms with Crippen LogP contribution in [-0.4, -0.2) is 43.7 Å². The summed E-state index contributed by atoms with van der Waals surface area (Å²) in [6.07, 6.45) is 4.15. The quantitative estimate of drug-likeness (QED) is 0.355. The molecule has 9 nitrogen and oxygen atoms in total. The maximum Gasteiger partial charge on any atom is 0.387 e. The van der Waals surface area contributed by atoms with Crippen molar-refractivity contribution in [2.75, 3.05) is 6.56 Å². The Kier molecular flexibility index (Phi) is 4.65. The Morgan fingerprint density at radius 1 is 1.26 bits per heavy atom. The third-order valence-corrected chi connectivity index (χ3v) is 8.08. The third kappa shape index (κ3) is 3.64. The van der Waals surface area contributed by atoms with Gasteiger partial charge in [-0.05, 0) is 54.5 Å². The molecular weight excluding hydrogens is 506 g/mol. The number of imidazole rings is 1. The van der Waals surface area contributed by atoms with Crippen LogP contribution in [-0.2, 0) is 5.54 Å². The van der Waals surface area contributed by atoms with Gasteiger partial charge in [0, 0.05) is 35.6 Å². The summed E-state index contributed by atoms with van der Waals surface area (Å²) in [5, 5.41) is 12.8. The summed E-state index contributed by atoms with van der Waals surface area (Å²) >= 11 is 0. The SMILES string of the molecule is [2H]C([2H])(O)C1(C)CC(N)(c2ncc(-c3ccc4nc5n(c4c3)[C@@H]3C[C@H]5NC(=O)c4cccc(OC(F)F)c43)cn2)C1. The predicted molar refractivity (Wildman–Crippen MR) is 137 cm³/mol. The summed E-state index contributed by atoms with van der Waals surface area (Å²) in [4.78, 5) is 26.7. The lowest BCUT2D eigenvalue weighted by atomic mass is 9.58. The Bertz CT molecular complexity index is 1720. The fourth-order valence-electron chi connectivity index (χ4n) is 6.50. The molecule has 1 amide bonds. The molecule has 2 aromatic heterocycles. The summed E-state index contributed by atoms with van der Waals surface area (Å²) in [6, 6.07) is 9.40. The van der Waals surface area contributed by atoms with Gasteiger partial charge in [0.1, 0.15) is 17.4 Å². The number of halogens is 2. The number of nitrogens with one attached hydrogen (secondary N) is 1. The van der Waals surface area contributed by atoms with E-state index in [9.17, 15) is 18.7 Å². The zero-order valence-corrected chi connectivity index (χ0v) is 20.9. The summed E-state index contributed by atoms with van der Waals surface area (Å²) < 4.78 is 48.8. The highest BCUT2D eigenvalue weighted by atomic mass is 19.3. The molecule has 2 bridgehead atoms. The highest BCUT2D eigenvalue weighted by Gasteiger charge is 2.52. The molecule has 2 aliphatic heterocycles. The monoisotopic (exact) mass is 534 g/mol. The molecule has 2 atom stereocenters. The van der Waals surface area contributed by atoms with Crippen LogP contribution in [0.25, 0.3) is 22.2 Å². The van der Waals surface area contributed by atoms with Crippen molar-refractivity contribution in [3.8, 4) is 16.9 Å². The van der Waals surface area contributed by atoms with E-state index in [2.05, 4.69) is 15.3 Å². The van der Waals surface area contributed by atoms with Gasteiger partial charge in [-0.1, -0.05) is 19.1 Å². The van der Waals surface area contributed by atoms with Crippen LogP contribution < -0.4 is 15.8 Å². The van der Waals surface area contributed by atoms with Crippen molar-refractivity contribution < 1.29 is 26.2 Å². The fraction of sp³-hybridized carbons (Fsp3) is 0.357. The molecule has 7 rings (SSSR count). The first-order valence-electron chi connectivity index (χ1n) is 13.6. The number of ether oxygens (including phenoxy) is 1. The van der Waals surface area contributed by atoms with Crippen LogP contribution in [0.1, 0.15) is 68.6 Å². The van der Waals surface area contributed by atoms with Gasteiger partial charge in [-0.25, -0.2) is 15.0 Å². The molecule has 4 aromatic rings. The molecule has 4 heterocycles. The lowest BCUT2D eigenvalue weighted by Gasteiger charge is -2.50. The number of nitrogens with two attached hydrogens (primary N) is 1. The average Bonchev–Trinajstić information content (AvgIpc) is 3.39. The Balaban J connectivity index is 1.26. The Hall–Kier alpha value is -3.96. The van der Waals surface area contributed by atoms with Crippen molar-refractivity contribution in [2.45, 2.75) is 50.4 Å². The fourth-order valence-corrected chi connectivity index (χ4v) is 6.50. The van der Waals surface area contributed by atoms with E-state index in [-0.39, 0.29) is 24.5 Å². The number of aromatic nitrogens is 4. The second kappa shape index (κ2) is 8.27. The van der Waals surface area contributed by atoms with E-state index in [1.807, 2.05) is 22.8 Å². The molecule has 4 N–H and O–H groups in total. The zero-order chi connectivity index (χ0) is 28.9. The van der Waals surface area contributed by atoms with Crippen LogP contribution in [0.3, 0.4) is 0 Å². The number of hydrogen-bond donors (Lipinski definition) is 3. The minimum atomic E-state index is -3.04. The molecule has 0 saturated heterocycles. The molecule has 3 aliphatic rings. The van der Waals surface area contributed by atoms with Crippen molar-refractivity contribution in [3.63, 3.8) is 0 Å². The van der Waals surface area contributed by atoms with E-state index >= 15 is 0 Å². The number of alkyl halides is 2. The van der Waals surface area contributed by atoms with Gasteiger partial charge in [0.05, 0.1) is 31.4 Å². The van der Waals surface area contributed by atoms with E-state index < -0.39 is 36.2 Å². The highest BCUT2D eigenvalue weighted by molar-refractivity contribution is 5.98. The lowest BCUT2D eigenvalue weighted by Crippen LogP contribution is -2.56. The van der Waals surface area contributed by atoms with Crippen LogP contribution in [0.5, 0.6) is 5.75 Å². The van der Waals surface area contributed by atoms with Gasteiger partial charge < -0.3 is 25.5 Å². The van der Waals surface area contributed by atoms with Gasteiger partial charge in [-0.15, -0.1) is 0 Å². The molecule has 0 spiro atoms. The van der Waals surface area contributed by atoms with E-state index in [0.717, 1.165) is 11.1 Å². The first-order valence-corrected chi connectivity index (χ1v) is 12.6. The van der Waals surface area contributed by atoms with Crippen molar-refractivity contribution in [2.24, 2.45) is 11.1 Å². The minimum absolute atomic E-state index is 0.0368. The molecule has 1 fully saturated rings. The van der Waals surface area contributed by atoms with Crippen LogP contribution in [0.4, 0.5) is 8.78 Å². The van der Waals surface area contributed by atoms with Gasteiger partial charge in [0.15, 0.2) is 0 Å². The normalized spacial score (nSPS) is 28.2. The number of nitrogens with zero attached hydrogens (tertiary/aromatic N) is 4. The van der Waals surface area contributed by atoms with Crippen LogP contribution in [0.2, 0.25) is 0 Å². The standard InChI is InChI=1S/C28H26F2N6O3/c1-27(13-37)11-28(31,12-27)25-32-9-15(10-33-25)14-5-6-17-19(7-14)36-20-8-18(23(36)34-17)35-24(38)16-3-2-4-21(22(16)20)39-26(29)30/h2-7,9-10,18,20,26,37H,8,11-13,31H2,1H3,(H,35,38)/t18-,20-,27?,28?/m1/s1/i13D2. The van der Waals surface area contributed by atoms with Crippen LogP contribution in [0, 0.1) is 5.41 Å². The maximum atomic E-state index is 13.3. The highest BCUT2D eigenvalue weighted by Crippen LogP contribution is 2.51. The minimum Gasteiger partial charge on any atom is -0.434 e. The van der Waals surface area contributed by atoms with Crippen molar-refractivity contribution in [3.05, 3.63) is 71.6 Å². The zero-order valence-electron chi connectivity index (χ0n) is 22.9. The van der Waals surface area contributed by atoms with Gasteiger partial charge in [0.2, 0.25) is 0 Å². The molecule has 0 unspecified atom stereocenters. The van der Waals surface area contributed by atoms with E-state index in [0.29, 0.717) is 40.3 Å². The molecule has 200 valence electrons. The smallest absolute Gasteiger partial charge is 0.387 e. The number of benzene rings is 2. The van der Waals surface area contributed by atoms with Crippen LogP contribution in [0.15, 0.2) is 48.8 Å². The number of rotatable bonds is 5. The number of amides is 1. The number of carbonyl (C=O) groups excluding carboxylic acids is 1.